The van der Waals surface area contributed by atoms with Gasteiger partial charge in [-0.2, -0.15) is 0 Å². The summed E-state index contributed by atoms with van der Waals surface area (Å²) < 4.78 is 22.4. The molecule has 0 saturated carbocycles. The summed E-state index contributed by atoms with van der Waals surface area (Å²) in [5, 5.41) is 0.0439. The number of sulfone groups is 1. The van der Waals surface area contributed by atoms with Crippen LogP contribution in [0.3, 0.4) is 0 Å². The molecule has 0 unspecified atom stereocenters. The van der Waals surface area contributed by atoms with E-state index in [0.29, 0.717) is 5.69 Å². The Morgan fingerprint density at radius 2 is 1.94 bits per heavy atom. The molecule has 84 valence electrons. The highest BCUT2D eigenvalue weighted by Gasteiger charge is 2.15. The highest BCUT2D eigenvalue weighted by Crippen LogP contribution is 2.11. The van der Waals surface area contributed by atoms with Gasteiger partial charge in [-0.25, -0.2) is 8.42 Å². The third kappa shape index (κ3) is 1.92. The molecule has 16 heavy (non-hydrogen) atoms. The summed E-state index contributed by atoms with van der Waals surface area (Å²) in [6.45, 7) is 0. The Hall–Kier alpha value is -1.82. The lowest BCUT2D eigenvalue weighted by atomic mass is 10.2. The fraction of sp³-hybridized carbons (Fsp3) is 0.100. The van der Waals surface area contributed by atoms with Gasteiger partial charge in [0.2, 0.25) is 5.78 Å². The first-order valence-electron chi connectivity index (χ1n) is 4.55. The third-order valence-corrected chi connectivity index (χ3v) is 3.18. The van der Waals surface area contributed by atoms with Crippen LogP contribution in [0.4, 0.5) is 0 Å². The van der Waals surface area contributed by atoms with Crippen LogP contribution >= 0.6 is 0 Å². The first-order chi connectivity index (χ1) is 7.48. The highest BCUT2D eigenvalue weighted by atomic mass is 32.2. The number of aromatic amines is 2. The standard InChI is InChI=1S/C10H10N2O3S/c1-16(14,15)9-5-4-8(12-9)10(13)7-3-2-6-11-7/h2-6,11-12H,1H3. The van der Waals surface area contributed by atoms with E-state index in [9.17, 15) is 13.2 Å². The average Bonchev–Trinajstić information content (AvgIpc) is 2.87. The molecular weight excluding hydrogens is 228 g/mol. The molecule has 0 amide bonds. The van der Waals surface area contributed by atoms with Crippen LogP contribution in [0.25, 0.3) is 0 Å². The van der Waals surface area contributed by atoms with Crippen molar-refractivity contribution in [1.29, 1.82) is 0 Å². The van der Waals surface area contributed by atoms with Gasteiger partial charge in [0.05, 0.1) is 11.4 Å². The predicted molar refractivity (Wildman–Crippen MR) is 58.1 cm³/mol. The van der Waals surface area contributed by atoms with E-state index in [2.05, 4.69) is 9.97 Å². The Labute approximate surface area is 92.4 Å². The highest BCUT2D eigenvalue weighted by molar-refractivity contribution is 7.90. The van der Waals surface area contributed by atoms with Gasteiger partial charge < -0.3 is 9.97 Å². The van der Waals surface area contributed by atoms with E-state index >= 15 is 0 Å². The van der Waals surface area contributed by atoms with Gasteiger partial charge >= 0.3 is 0 Å². The van der Waals surface area contributed by atoms with Gasteiger partial charge in [-0.3, -0.25) is 4.79 Å². The number of rotatable bonds is 3. The molecule has 2 aromatic heterocycles. The molecule has 0 spiro atoms. The SMILES string of the molecule is CS(=O)(=O)c1ccc(C(=O)c2ccc[nH]2)[nH]1. The summed E-state index contributed by atoms with van der Waals surface area (Å²) in [5.74, 6) is -0.264. The molecule has 6 heteroatoms. The first-order valence-corrected chi connectivity index (χ1v) is 6.45. The average molecular weight is 238 g/mol. The minimum absolute atomic E-state index is 0.0439. The summed E-state index contributed by atoms with van der Waals surface area (Å²) in [4.78, 5) is 17.1. The molecule has 0 atom stereocenters. The zero-order chi connectivity index (χ0) is 11.8. The van der Waals surface area contributed by atoms with Crippen molar-refractivity contribution in [3.05, 3.63) is 41.9 Å². The largest absolute Gasteiger partial charge is 0.358 e. The Bertz CT molecular complexity index is 608. The molecule has 2 N–H and O–H groups in total. The lowest BCUT2D eigenvalue weighted by molar-refractivity contribution is 0.103. The summed E-state index contributed by atoms with van der Waals surface area (Å²) in [5.41, 5.74) is 0.671. The van der Waals surface area contributed by atoms with Crippen molar-refractivity contribution < 1.29 is 13.2 Å². The summed E-state index contributed by atoms with van der Waals surface area (Å²) in [6.07, 6.45) is 2.72. The van der Waals surface area contributed by atoms with E-state index in [-0.39, 0.29) is 16.5 Å². The van der Waals surface area contributed by atoms with Crippen LogP contribution < -0.4 is 0 Å². The number of hydrogen-bond donors (Lipinski definition) is 2. The third-order valence-electron chi connectivity index (χ3n) is 2.15. The molecule has 2 heterocycles. The molecule has 0 radical (unpaired) electrons. The molecule has 0 fully saturated rings. The molecule has 2 aromatic rings. The number of H-pyrrole nitrogens is 2. The molecule has 0 bridgehead atoms. The van der Waals surface area contributed by atoms with E-state index in [4.69, 9.17) is 0 Å². The minimum Gasteiger partial charge on any atom is -0.358 e. The van der Waals surface area contributed by atoms with Crippen molar-refractivity contribution in [2.75, 3.05) is 6.26 Å². The number of hydrogen-bond acceptors (Lipinski definition) is 3. The van der Waals surface area contributed by atoms with Crippen molar-refractivity contribution in [1.82, 2.24) is 9.97 Å². The molecule has 0 aliphatic heterocycles. The maximum Gasteiger partial charge on any atom is 0.225 e. The van der Waals surface area contributed by atoms with Crippen LogP contribution in [0.5, 0.6) is 0 Å². The second-order valence-corrected chi connectivity index (χ2v) is 5.41. The molecule has 0 saturated heterocycles. The van der Waals surface area contributed by atoms with Gasteiger partial charge in [-0.1, -0.05) is 0 Å². The molecular formula is C10H10N2O3S. The first kappa shape index (κ1) is 10.7. The second kappa shape index (κ2) is 3.64. The quantitative estimate of drug-likeness (QED) is 0.782. The van der Waals surface area contributed by atoms with Crippen LogP contribution in [0.15, 0.2) is 35.5 Å². The Morgan fingerprint density at radius 3 is 2.44 bits per heavy atom. The lowest BCUT2D eigenvalue weighted by Crippen LogP contribution is -2.03. The van der Waals surface area contributed by atoms with Crippen LogP contribution in [0.2, 0.25) is 0 Å². The van der Waals surface area contributed by atoms with Gasteiger partial charge in [0.1, 0.15) is 5.03 Å². The normalized spacial score (nSPS) is 11.6. The second-order valence-electron chi connectivity index (χ2n) is 3.42. The summed E-state index contributed by atoms with van der Waals surface area (Å²) in [7, 11) is -3.30. The van der Waals surface area contributed by atoms with E-state index in [1.165, 1.54) is 12.1 Å². The van der Waals surface area contributed by atoms with Crippen molar-refractivity contribution >= 4 is 15.6 Å². The minimum atomic E-state index is -3.30. The monoisotopic (exact) mass is 238 g/mol. The zero-order valence-corrected chi connectivity index (χ0v) is 9.34. The maximum atomic E-state index is 11.8. The van der Waals surface area contributed by atoms with E-state index in [0.717, 1.165) is 6.26 Å². The number of carbonyl (C=O) groups excluding carboxylic acids is 1. The predicted octanol–water partition coefficient (Wildman–Crippen LogP) is 0.977. The fourth-order valence-electron chi connectivity index (χ4n) is 1.34. The number of ketones is 1. The fourth-order valence-corrected chi connectivity index (χ4v) is 1.95. The topological polar surface area (TPSA) is 82.8 Å². The number of aromatic nitrogens is 2. The van der Waals surface area contributed by atoms with Crippen molar-refractivity contribution in [3.63, 3.8) is 0 Å². The summed E-state index contributed by atoms with van der Waals surface area (Å²) in [6, 6.07) is 6.17. The van der Waals surface area contributed by atoms with Crippen molar-refractivity contribution in [3.8, 4) is 0 Å². The van der Waals surface area contributed by atoms with Crippen molar-refractivity contribution in [2.45, 2.75) is 5.03 Å². The van der Waals surface area contributed by atoms with Gasteiger partial charge in [0, 0.05) is 12.5 Å². The maximum absolute atomic E-state index is 11.8. The lowest BCUT2D eigenvalue weighted by Gasteiger charge is -1.95. The number of carbonyl (C=O) groups is 1. The smallest absolute Gasteiger partial charge is 0.225 e. The van der Waals surface area contributed by atoms with E-state index in [1.54, 1.807) is 18.3 Å². The van der Waals surface area contributed by atoms with Crippen LogP contribution in [-0.2, 0) is 9.84 Å². The Balaban J connectivity index is 2.37. The van der Waals surface area contributed by atoms with Crippen LogP contribution in [-0.4, -0.2) is 30.4 Å². The zero-order valence-electron chi connectivity index (χ0n) is 8.52. The Kier molecular flexibility index (Phi) is 2.43. The molecule has 5 nitrogen and oxygen atoms in total. The van der Waals surface area contributed by atoms with Crippen LogP contribution in [0.1, 0.15) is 16.2 Å². The summed E-state index contributed by atoms with van der Waals surface area (Å²) >= 11 is 0. The van der Waals surface area contributed by atoms with Crippen LogP contribution in [0, 0.1) is 0 Å². The molecule has 0 aliphatic carbocycles. The Morgan fingerprint density at radius 1 is 1.19 bits per heavy atom. The van der Waals surface area contributed by atoms with E-state index in [1.807, 2.05) is 0 Å². The molecule has 0 aliphatic rings. The van der Waals surface area contributed by atoms with E-state index < -0.39 is 9.84 Å². The molecule has 0 aromatic carbocycles. The van der Waals surface area contributed by atoms with Gasteiger partial charge in [0.15, 0.2) is 9.84 Å². The number of nitrogens with one attached hydrogen (secondary N) is 2. The van der Waals surface area contributed by atoms with Gasteiger partial charge in [-0.05, 0) is 24.3 Å². The van der Waals surface area contributed by atoms with Gasteiger partial charge in [0.25, 0.3) is 0 Å². The molecule has 2 rings (SSSR count). The van der Waals surface area contributed by atoms with Crippen molar-refractivity contribution in [2.24, 2.45) is 0 Å². The van der Waals surface area contributed by atoms with Gasteiger partial charge in [-0.15, -0.1) is 0 Å².